The predicted octanol–water partition coefficient (Wildman–Crippen LogP) is 0.800. The Morgan fingerprint density at radius 2 is 2.24 bits per heavy atom. The molecule has 0 saturated heterocycles. The summed E-state index contributed by atoms with van der Waals surface area (Å²) in [5.74, 6) is -0.881. The number of anilines is 1. The summed E-state index contributed by atoms with van der Waals surface area (Å²) in [6.45, 7) is 0.421. The fraction of sp³-hybridized carbons (Fsp3) is 0.154. The van der Waals surface area contributed by atoms with Crippen molar-refractivity contribution < 1.29 is 14.7 Å². The Labute approximate surface area is 120 Å². The number of nitrogens with one attached hydrogen (secondary N) is 1. The summed E-state index contributed by atoms with van der Waals surface area (Å²) in [7, 11) is 0. The molecule has 1 amide bonds. The molecular formula is C13H13N5O3. The van der Waals surface area contributed by atoms with Crippen molar-refractivity contribution in [2.45, 2.75) is 13.0 Å². The summed E-state index contributed by atoms with van der Waals surface area (Å²) in [5, 5.41) is 18.6. The fourth-order valence-corrected chi connectivity index (χ4v) is 1.56. The van der Waals surface area contributed by atoms with Gasteiger partial charge in [0.15, 0.2) is 0 Å². The summed E-state index contributed by atoms with van der Waals surface area (Å²) in [6, 6.07) is 3.23. The highest BCUT2D eigenvalue weighted by atomic mass is 16.4. The third-order valence-corrected chi connectivity index (χ3v) is 2.51. The Kier molecular flexibility index (Phi) is 4.75. The van der Waals surface area contributed by atoms with Crippen LogP contribution in [0.15, 0.2) is 36.8 Å². The van der Waals surface area contributed by atoms with E-state index in [0.717, 1.165) is 6.08 Å². The monoisotopic (exact) mass is 287 g/mol. The molecule has 0 atom stereocenters. The average molecular weight is 287 g/mol. The third kappa shape index (κ3) is 4.86. The first-order valence-electron chi connectivity index (χ1n) is 6.14. The largest absolute Gasteiger partial charge is 0.478 e. The van der Waals surface area contributed by atoms with Crippen LogP contribution in [0.25, 0.3) is 6.08 Å². The molecule has 0 aliphatic heterocycles. The SMILES string of the molecule is O=C(O)/C=C/c1ccnc(NC(=O)CCn2ccnn2)c1. The molecule has 2 aromatic rings. The molecule has 0 aliphatic rings. The van der Waals surface area contributed by atoms with Crippen LogP contribution in [0.4, 0.5) is 5.82 Å². The minimum absolute atomic E-state index is 0.211. The van der Waals surface area contributed by atoms with E-state index in [4.69, 9.17) is 5.11 Å². The molecule has 0 aromatic carbocycles. The van der Waals surface area contributed by atoms with Crippen LogP contribution >= 0.6 is 0 Å². The van der Waals surface area contributed by atoms with E-state index in [1.165, 1.54) is 18.5 Å². The second-order valence-corrected chi connectivity index (χ2v) is 4.11. The zero-order valence-electron chi connectivity index (χ0n) is 11.0. The first kappa shape index (κ1) is 14.4. The zero-order chi connectivity index (χ0) is 15.1. The number of aliphatic carboxylic acids is 1. The molecule has 8 nitrogen and oxygen atoms in total. The molecule has 0 saturated carbocycles. The van der Waals surface area contributed by atoms with Crippen LogP contribution in [0.3, 0.4) is 0 Å². The quantitative estimate of drug-likeness (QED) is 0.760. The van der Waals surface area contributed by atoms with Gasteiger partial charge in [-0.15, -0.1) is 5.10 Å². The number of hydrogen-bond donors (Lipinski definition) is 2. The number of hydrogen-bond acceptors (Lipinski definition) is 5. The van der Waals surface area contributed by atoms with Gasteiger partial charge in [0, 0.05) is 24.9 Å². The average Bonchev–Trinajstić information content (AvgIpc) is 2.97. The number of carbonyl (C=O) groups excluding carboxylic acids is 1. The van der Waals surface area contributed by atoms with Crippen molar-refractivity contribution in [3.05, 3.63) is 42.4 Å². The smallest absolute Gasteiger partial charge is 0.328 e. The Hall–Kier alpha value is -3.03. The van der Waals surface area contributed by atoms with E-state index in [2.05, 4.69) is 20.6 Å². The first-order chi connectivity index (χ1) is 10.1. The van der Waals surface area contributed by atoms with Crippen molar-refractivity contribution in [3.63, 3.8) is 0 Å². The van der Waals surface area contributed by atoms with E-state index < -0.39 is 5.97 Å². The van der Waals surface area contributed by atoms with Gasteiger partial charge in [0.2, 0.25) is 5.91 Å². The van der Waals surface area contributed by atoms with Gasteiger partial charge in [0.25, 0.3) is 0 Å². The van der Waals surface area contributed by atoms with Gasteiger partial charge in [0.1, 0.15) is 5.82 Å². The molecular weight excluding hydrogens is 274 g/mol. The van der Waals surface area contributed by atoms with E-state index in [1.807, 2.05) is 0 Å². The standard InChI is InChI=1S/C13H13N5O3/c19-12(4-7-18-8-6-15-17-18)16-11-9-10(3-5-14-11)1-2-13(20)21/h1-3,5-6,8-9H,4,7H2,(H,20,21)(H,14,16,19)/b2-1+. The van der Waals surface area contributed by atoms with Gasteiger partial charge in [-0.3, -0.25) is 9.48 Å². The lowest BCUT2D eigenvalue weighted by Crippen LogP contribution is -2.15. The van der Waals surface area contributed by atoms with Crippen LogP contribution in [0, 0.1) is 0 Å². The van der Waals surface area contributed by atoms with Crippen molar-refractivity contribution in [1.82, 2.24) is 20.0 Å². The van der Waals surface area contributed by atoms with E-state index in [0.29, 0.717) is 17.9 Å². The van der Waals surface area contributed by atoms with Crippen LogP contribution in [0.5, 0.6) is 0 Å². The zero-order valence-corrected chi connectivity index (χ0v) is 11.0. The number of pyridine rings is 1. The topological polar surface area (TPSA) is 110 Å². The lowest BCUT2D eigenvalue weighted by atomic mass is 10.2. The number of aromatic nitrogens is 4. The molecule has 0 unspecified atom stereocenters. The van der Waals surface area contributed by atoms with Gasteiger partial charge >= 0.3 is 5.97 Å². The summed E-state index contributed by atoms with van der Waals surface area (Å²) < 4.78 is 1.55. The minimum atomic E-state index is -1.04. The molecule has 108 valence electrons. The number of carboxylic acids is 1. The van der Waals surface area contributed by atoms with Crippen molar-refractivity contribution in [1.29, 1.82) is 0 Å². The number of carboxylic acid groups (broad SMARTS) is 1. The molecule has 0 bridgehead atoms. The van der Waals surface area contributed by atoms with Crippen LogP contribution in [0.2, 0.25) is 0 Å². The van der Waals surface area contributed by atoms with Crippen molar-refractivity contribution in [3.8, 4) is 0 Å². The van der Waals surface area contributed by atoms with Gasteiger partial charge in [-0.2, -0.15) is 0 Å². The first-order valence-corrected chi connectivity index (χ1v) is 6.14. The second kappa shape index (κ2) is 6.94. The summed E-state index contributed by atoms with van der Waals surface area (Å²) in [5.41, 5.74) is 0.638. The summed E-state index contributed by atoms with van der Waals surface area (Å²) >= 11 is 0. The van der Waals surface area contributed by atoms with E-state index in [9.17, 15) is 9.59 Å². The summed E-state index contributed by atoms with van der Waals surface area (Å²) in [4.78, 5) is 26.2. The highest BCUT2D eigenvalue weighted by molar-refractivity contribution is 5.90. The Morgan fingerprint density at radius 1 is 1.38 bits per heavy atom. The maximum absolute atomic E-state index is 11.8. The molecule has 2 N–H and O–H groups in total. The molecule has 0 aliphatic carbocycles. The van der Waals surface area contributed by atoms with Crippen LogP contribution in [-0.2, 0) is 16.1 Å². The highest BCUT2D eigenvalue weighted by Crippen LogP contribution is 2.09. The van der Waals surface area contributed by atoms with Gasteiger partial charge in [0.05, 0.1) is 12.7 Å². The number of carbonyl (C=O) groups is 2. The van der Waals surface area contributed by atoms with Gasteiger partial charge in [-0.1, -0.05) is 5.21 Å². The van der Waals surface area contributed by atoms with Crippen LogP contribution in [0.1, 0.15) is 12.0 Å². The van der Waals surface area contributed by atoms with Crippen molar-refractivity contribution in [2.24, 2.45) is 0 Å². The number of nitrogens with zero attached hydrogens (tertiary/aromatic N) is 4. The maximum atomic E-state index is 11.8. The van der Waals surface area contributed by atoms with Crippen molar-refractivity contribution >= 4 is 23.8 Å². The molecule has 0 fully saturated rings. The Morgan fingerprint density at radius 3 is 2.95 bits per heavy atom. The molecule has 21 heavy (non-hydrogen) atoms. The third-order valence-electron chi connectivity index (χ3n) is 2.51. The van der Waals surface area contributed by atoms with Gasteiger partial charge < -0.3 is 10.4 Å². The summed E-state index contributed by atoms with van der Waals surface area (Å²) in [6.07, 6.45) is 7.39. The maximum Gasteiger partial charge on any atom is 0.328 e. The van der Waals surface area contributed by atoms with E-state index >= 15 is 0 Å². The van der Waals surface area contributed by atoms with Crippen LogP contribution < -0.4 is 5.32 Å². The predicted molar refractivity (Wildman–Crippen MR) is 74.2 cm³/mol. The number of amides is 1. The molecule has 2 heterocycles. The molecule has 2 rings (SSSR count). The highest BCUT2D eigenvalue weighted by Gasteiger charge is 2.04. The molecule has 8 heteroatoms. The molecule has 2 aromatic heterocycles. The Balaban J connectivity index is 1.91. The van der Waals surface area contributed by atoms with Gasteiger partial charge in [-0.05, 0) is 23.8 Å². The minimum Gasteiger partial charge on any atom is -0.478 e. The van der Waals surface area contributed by atoms with Gasteiger partial charge in [-0.25, -0.2) is 9.78 Å². The molecule has 0 spiro atoms. The molecule has 0 radical (unpaired) electrons. The lowest BCUT2D eigenvalue weighted by molar-refractivity contribution is -0.131. The van der Waals surface area contributed by atoms with E-state index in [1.54, 1.807) is 23.0 Å². The van der Waals surface area contributed by atoms with Crippen LogP contribution in [-0.4, -0.2) is 37.0 Å². The second-order valence-electron chi connectivity index (χ2n) is 4.11. The normalized spacial score (nSPS) is 10.7. The number of aryl methyl sites for hydroxylation is 1. The van der Waals surface area contributed by atoms with Crippen molar-refractivity contribution in [2.75, 3.05) is 5.32 Å². The fourth-order valence-electron chi connectivity index (χ4n) is 1.56. The van der Waals surface area contributed by atoms with E-state index in [-0.39, 0.29) is 12.3 Å². The lowest BCUT2D eigenvalue weighted by Gasteiger charge is -2.05. The Bertz CT molecular complexity index is 652. The number of rotatable bonds is 6.